The quantitative estimate of drug-likeness (QED) is 0.812. The third kappa shape index (κ3) is 2.55. The Morgan fingerprint density at radius 3 is 2.18 bits per heavy atom. The third-order valence-corrected chi connectivity index (χ3v) is 2.72. The average molecular weight is 252 g/mol. The maximum Gasteiger partial charge on any atom is 0.366 e. The summed E-state index contributed by atoms with van der Waals surface area (Å²) in [7, 11) is -4.49. The van der Waals surface area contributed by atoms with E-state index in [1.807, 2.05) is 0 Å². The van der Waals surface area contributed by atoms with E-state index in [9.17, 15) is 13.0 Å². The number of aromatic nitrogens is 3. The highest BCUT2D eigenvalue weighted by Gasteiger charge is 2.23. The van der Waals surface area contributed by atoms with Crippen LogP contribution in [0.1, 0.15) is 0 Å². The van der Waals surface area contributed by atoms with Crippen molar-refractivity contribution in [2.24, 2.45) is 0 Å². The first kappa shape index (κ1) is 11.4. The summed E-state index contributed by atoms with van der Waals surface area (Å²) in [6, 6.07) is 8.01. The second-order valence-corrected chi connectivity index (χ2v) is 4.28. The molecule has 0 aliphatic heterocycles. The number of anilines is 2. The predicted octanol–water partition coefficient (Wildman–Crippen LogP) is 0.812. The Hall–Kier alpha value is -2.06. The van der Waals surface area contributed by atoms with Crippen molar-refractivity contribution < 1.29 is 13.0 Å². The normalized spacial score (nSPS) is 11.1. The van der Waals surface area contributed by atoms with Crippen molar-refractivity contribution in [3.05, 3.63) is 43.0 Å². The lowest BCUT2D eigenvalue weighted by Gasteiger charge is -2.17. The highest BCUT2D eigenvalue weighted by molar-refractivity contribution is 7.87. The van der Waals surface area contributed by atoms with Gasteiger partial charge in [-0.3, -0.25) is 4.55 Å². The molecule has 0 spiro atoms. The van der Waals surface area contributed by atoms with Crippen LogP contribution in [0.2, 0.25) is 0 Å². The van der Waals surface area contributed by atoms with Gasteiger partial charge in [-0.05, 0) is 12.1 Å². The van der Waals surface area contributed by atoms with Gasteiger partial charge in [-0.25, -0.2) is 4.98 Å². The lowest BCUT2D eigenvalue weighted by atomic mass is 10.3. The van der Waals surface area contributed by atoms with Crippen LogP contribution >= 0.6 is 0 Å². The first-order chi connectivity index (χ1) is 8.09. The van der Waals surface area contributed by atoms with Gasteiger partial charge in [0.15, 0.2) is 0 Å². The van der Waals surface area contributed by atoms with E-state index in [1.165, 1.54) is 12.1 Å². The number of nitrogens with zero attached hydrogens (tertiary/aromatic N) is 4. The van der Waals surface area contributed by atoms with E-state index in [1.54, 1.807) is 18.2 Å². The molecule has 0 aliphatic rings. The fraction of sp³-hybridized carbons (Fsp3) is 0. The van der Waals surface area contributed by atoms with Crippen LogP contribution in [-0.2, 0) is 10.3 Å². The van der Waals surface area contributed by atoms with Crippen LogP contribution in [0.3, 0.4) is 0 Å². The summed E-state index contributed by atoms with van der Waals surface area (Å²) >= 11 is 0. The molecule has 2 rings (SSSR count). The molecule has 0 amide bonds. The number of hydrogen-bond acceptors (Lipinski definition) is 5. The Kier molecular flexibility index (Phi) is 2.98. The zero-order valence-corrected chi connectivity index (χ0v) is 9.32. The fourth-order valence-corrected chi connectivity index (χ4v) is 1.94. The zero-order valence-electron chi connectivity index (χ0n) is 8.50. The number of hydrogen-bond donors (Lipinski definition) is 1. The molecule has 17 heavy (non-hydrogen) atoms. The summed E-state index contributed by atoms with van der Waals surface area (Å²) < 4.78 is 32.4. The van der Waals surface area contributed by atoms with Gasteiger partial charge in [-0.15, -0.1) is 0 Å². The minimum absolute atomic E-state index is 0.172. The van der Waals surface area contributed by atoms with E-state index in [4.69, 9.17) is 0 Å². The SMILES string of the molecule is O=S(=O)(O)N(c1ccccc1)c1ncncn1. The van der Waals surface area contributed by atoms with Gasteiger partial charge in [0.2, 0.25) is 5.95 Å². The minimum atomic E-state index is -4.49. The number of rotatable bonds is 3. The van der Waals surface area contributed by atoms with Crippen LogP contribution in [0.15, 0.2) is 43.0 Å². The first-order valence-corrected chi connectivity index (χ1v) is 5.93. The molecule has 88 valence electrons. The van der Waals surface area contributed by atoms with Gasteiger partial charge in [0.25, 0.3) is 0 Å². The Labute approximate surface area is 97.7 Å². The summed E-state index contributed by atoms with van der Waals surface area (Å²) in [5.41, 5.74) is 0.237. The van der Waals surface area contributed by atoms with E-state index in [0.29, 0.717) is 4.31 Å². The van der Waals surface area contributed by atoms with E-state index in [-0.39, 0.29) is 11.6 Å². The Balaban J connectivity index is 2.56. The first-order valence-electron chi connectivity index (χ1n) is 4.54. The second-order valence-electron chi connectivity index (χ2n) is 3.02. The molecule has 1 heterocycles. The van der Waals surface area contributed by atoms with Gasteiger partial charge >= 0.3 is 10.3 Å². The van der Waals surface area contributed by atoms with E-state index in [2.05, 4.69) is 15.0 Å². The van der Waals surface area contributed by atoms with Crippen molar-refractivity contribution in [3.8, 4) is 0 Å². The van der Waals surface area contributed by atoms with Gasteiger partial charge in [0, 0.05) is 0 Å². The zero-order chi connectivity index (χ0) is 12.3. The molecule has 1 aromatic heterocycles. The van der Waals surface area contributed by atoms with Gasteiger partial charge in [-0.1, -0.05) is 18.2 Å². The van der Waals surface area contributed by atoms with Crippen LogP contribution in [0.4, 0.5) is 11.6 Å². The molecule has 2 aromatic rings. The lowest BCUT2D eigenvalue weighted by Crippen LogP contribution is -2.26. The summed E-state index contributed by atoms with van der Waals surface area (Å²) in [5, 5.41) is 0. The Morgan fingerprint density at radius 1 is 1.06 bits per heavy atom. The Bertz CT molecular complexity index is 549. The minimum Gasteiger partial charge on any atom is -0.269 e. The van der Waals surface area contributed by atoms with E-state index in [0.717, 1.165) is 12.7 Å². The topological polar surface area (TPSA) is 96.3 Å². The van der Waals surface area contributed by atoms with Crippen molar-refractivity contribution in [1.82, 2.24) is 15.0 Å². The van der Waals surface area contributed by atoms with E-state index < -0.39 is 10.3 Å². The van der Waals surface area contributed by atoms with Crippen molar-refractivity contribution >= 4 is 21.9 Å². The molecule has 0 radical (unpaired) electrons. The number of para-hydroxylation sites is 1. The molecule has 0 saturated heterocycles. The summed E-state index contributed by atoms with van der Waals surface area (Å²) in [4.78, 5) is 11.0. The van der Waals surface area contributed by atoms with Crippen LogP contribution in [0, 0.1) is 0 Å². The molecule has 1 aromatic carbocycles. The van der Waals surface area contributed by atoms with Crippen molar-refractivity contribution in [1.29, 1.82) is 0 Å². The maximum absolute atomic E-state index is 11.3. The average Bonchev–Trinajstić information content (AvgIpc) is 2.30. The molecule has 8 heteroatoms. The summed E-state index contributed by atoms with van der Waals surface area (Å²) in [5.74, 6) is -0.172. The van der Waals surface area contributed by atoms with Gasteiger partial charge < -0.3 is 0 Å². The molecular weight excluding hydrogens is 244 g/mol. The van der Waals surface area contributed by atoms with Crippen molar-refractivity contribution in [3.63, 3.8) is 0 Å². The second kappa shape index (κ2) is 4.44. The highest BCUT2D eigenvalue weighted by atomic mass is 32.2. The molecule has 0 saturated carbocycles. The molecule has 0 aliphatic carbocycles. The van der Waals surface area contributed by atoms with Gasteiger partial charge in [-0.2, -0.15) is 22.7 Å². The van der Waals surface area contributed by atoms with Crippen molar-refractivity contribution in [2.45, 2.75) is 0 Å². The van der Waals surface area contributed by atoms with Gasteiger partial charge in [0.05, 0.1) is 5.69 Å². The molecule has 0 fully saturated rings. The standard InChI is InChI=1S/C9H8N4O3S/c14-17(15,16)13(8-4-2-1-3-5-8)9-11-6-10-7-12-9/h1-7H,(H,14,15,16). The Morgan fingerprint density at radius 2 is 1.65 bits per heavy atom. The summed E-state index contributed by atoms with van der Waals surface area (Å²) in [6.45, 7) is 0. The van der Waals surface area contributed by atoms with Gasteiger partial charge in [0.1, 0.15) is 12.7 Å². The maximum atomic E-state index is 11.3. The predicted molar refractivity (Wildman–Crippen MR) is 60.0 cm³/mol. The van der Waals surface area contributed by atoms with Crippen LogP contribution in [0.5, 0.6) is 0 Å². The molecule has 1 N–H and O–H groups in total. The molecule has 0 bridgehead atoms. The molecule has 0 unspecified atom stereocenters. The monoisotopic (exact) mass is 252 g/mol. The fourth-order valence-electron chi connectivity index (χ4n) is 1.25. The smallest absolute Gasteiger partial charge is 0.269 e. The third-order valence-electron chi connectivity index (χ3n) is 1.88. The lowest BCUT2D eigenvalue weighted by molar-refractivity contribution is 0.482. The van der Waals surface area contributed by atoms with Crippen LogP contribution in [-0.4, -0.2) is 27.9 Å². The van der Waals surface area contributed by atoms with E-state index >= 15 is 0 Å². The molecule has 0 atom stereocenters. The largest absolute Gasteiger partial charge is 0.366 e. The van der Waals surface area contributed by atoms with Crippen LogP contribution < -0.4 is 4.31 Å². The number of benzene rings is 1. The van der Waals surface area contributed by atoms with Crippen LogP contribution in [0.25, 0.3) is 0 Å². The molecule has 7 nitrogen and oxygen atoms in total. The summed E-state index contributed by atoms with van der Waals surface area (Å²) in [6.07, 6.45) is 2.28. The highest BCUT2D eigenvalue weighted by Crippen LogP contribution is 2.23. The molecular formula is C9H8N4O3S. The van der Waals surface area contributed by atoms with Crippen molar-refractivity contribution in [2.75, 3.05) is 4.31 Å².